The maximum Gasteiger partial charge on any atom is 0.210 e. The van der Waals surface area contributed by atoms with Crippen molar-refractivity contribution in [2.45, 2.75) is 52.6 Å². The zero-order chi connectivity index (χ0) is 20.3. The fraction of sp³-hybridized carbons (Fsp3) is 0.667. The van der Waals surface area contributed by atoms with Crippen molar-refractivity contribution < 1.29 is 9.64 Å². The number of hydrogen-bond donors (Lipinski definition) is 1. The minimum Gasteiger partial charge on any atom is -0.495 e. The third kappa shape index (κ3) is 3.99. The van der Waals surface area contributed by atoms with Gasteiger partial charge in [-0.05, 0) is 42.8 Å². The molecule has 2 heterocycles. The van der Waals surface area contributed by atoms with E-state index >= 15 is 0 Å². The monoisotopic (exact) mass is 387 g/mol. The lowest BCUT2D eigenvalue weighted by Crippen LogP contribution is -3.15. The molecule has 2 aromatic rings. The van der Waals surface area contributed by atoms with Crippen LogP contribution in [-0.4, -0.2) is 53.5 Å². The first-order chi connectivity index (χ1) is 13.4. The van der Waals surface area contributed by atoms with Crippen LogP contribution in [0.3, 0.4) is 0 Å². The van der Waals surface area contributed by atoms with Gasteiger partial charge in [0.2, 0.25) is 5.82 Å². The Kier molecular flexibility index (Phi) is 6.23. The van der Waals surface area contributed by atoms with Crippen LogP contribution in [0.4, 0.5) is 5.69 Å². The highest BCUT2D eigenvalue weighted by Crippen LogP contribution is 2.28. The van der Waals surface area contributed by atoms with Crippen molar-refractivity contribution in [1.82, 2.24) is 20.2 Å². The SMILES string of the molecule is CCC(C)(C)n1nnnc1[C@@H](C(C)C)[NH+]1CCN(c2ccccc2OC)CC1. The summed E-state index contributed by atoms with van der Waals surface area (Å²) in [5.41, 5.74) is 1.10. The summed E-state index contributed by atoms with van der Waals surface area (Å²) >= 11 is 0. The standard InChI is InChI=1S/C21H34N6O/c1-7-21(4,5)27-20(22-23-24-27)19(16(2)3)26-14-12-25(13-15-26)17-10-8-9-11-18(17)28-6/h8-11,16,19H,7,12-15H2,1-6H3/p+1/t19-/m1/s1. The second-order valence-electron chi connectivity index (χ2n) is 8.65. The lowest BCUT2D eigenvalue weighted by atomic mass is 9.97. The van der Waals surface area contributed by atoms with Crippen LogP contribution in [0.25, 0.3) is 0 Å². The van der Waals surface area contributed by atoms with Gasteiger partial charge in [-0.2, -0.15) is 0 Å². The van der Waals surface area contributed by atoms with Crippen molar-refractivity contribution in [2.24, 2.45) is 5.92 Å². The van der Waals surface area contributed by atoms with Crippen molar-refractivity contribution in [3.05, 3.63) is 30.1 Å². The average Bonchev–Trinajstić information content (AvgIpc) is 3.18. The van der Waals surface area contributed by atoms with Gasteiger partial charge < -0.3 is 14.5 Å². The van der Waals surface area contributed by atoms with Crippen LogP contribution in [0.15, 0.2) is 24.3 Å². The number of nitrogens with zero attached hydrogens (tertiary/aromatic N) is 5. The summed E-state index contributed by atoms with van der Waals surface area (Å²) in [6, 6.07) is 8.57. The molecule has 0 spiro atoms. The van der Waals surface area contributed by atoms with Crippen LogP contribution >= 0.6 is 0 Å². The van der Waals surface area contributed by atoms with Gasteiger partial charge in [0.25, 0.3) is 0 Å². The molecule has 1 aliphatic heterocycles. The van der Waals surface area contributed by atoms with Crippen molar-refractivity contribution in [3.8, 4) is 5.75 Å². The summed E-state index contributed by atoms with van der Waals surface area (Å²) in [5, 5.41) is 12.9. The highest BCUT2D eigenvalue weighted by Gasteiger charge is 2.37. The Hall–Kier alpha value is -2.15. The summed E-state index contributed by atoms with van der Waals surface area (Å²) in [4.78, 5) is 3.99. The van der Waals surface area contributed by atoms with Gasteiger partial charge in [0.1, 0.15) is 5.75 Å². The van der Waals surface area contributed by atoms with E-state index in [1.54, 1.807) is 12.0 Å². The Morgan fingerprint density at radius 1 is 1.18 bits per heavy atom. The average molecular weight is 388 g/mol. The molecule has 1 saturated heterocycles. The van der Waals surface area contributed by atoms with Gasteiger partial charge in [0, 0.05) is 5.92 Å². The van der Waals surface area contributed by atoms with Gasteiger partial charge in [0.15, 0.2) is 6.04 Å². The molecule has 28 heavy (non-hydrogen) atoms. The van der Waals surface area contributed by atoms with E-state index in [9.17, 15) is 0 Å². The number of methoxy groups -OCH3 is 1. The topological polar surface area (TPSA) is 60.5 Å². The van der Waals surface area contributed by atoms with Crippen LogP contribution < -0.4 is 14.5 Å². The zero-order valence-electron chi connectivity index (χ0n) is 18.1. The number of ether oxygens (including phenoxy) is 1. The zero-order valence-corrected chi connectivity index (χ0v) is 18.1. The third-order valence-corrected chi connectivity index (χ3v) is 6.15. The molecule has 0 unspecified atom stereocenters. The second-order valence-corrected chi connectivity index (χ2v) is 8.65. The molecule has 0 aliphatic carbocycles. The number of piperazine rings is 1. The van der Waals surface area contributed by atoms with Crippen molar-refractivity contribution in [3.63, 3.8) is 0 Å². The molecular weight excluding hydrogens is 352 g/mol. The van der Waals surface area contributed by atoms with E-state index in [1.165, 1.54) is 5.69 Å². The molecule has 7 heteroatoms. The second kappa shape index (κ2) is 8.47. The minimum atomic E-state index is -0.0787. The Labute approximate surface area is 168 Å². The number of benzene rings is 1. The first-order valence-corrected chi connectivity index (χ1v) is 10.4. The predicted molar refractivity (Wildman–Crippen MR) is 111 cm³/mol. The molecular formula is C21H35N6O+. The first-order valence-electron chi connectivity index (χ1n) is 10.4. The third-order valence-electron chi connectivity index (χ3n) is 6.15. The summed E-state index contributed by atoms with van der Waals surface area (Å²) in [6.07, 6.45) is 0.993. The Bertz CT molecular complexity index is 764. The number of rotatable bonds is 7. The molecule has 1 atom stereocenters. The lowest BCUT2D eigenvalue weighted by molar-refractivity contribution is -0.937. The molecule has 0 saturated carbocycles. The summed E-state index contributed by atoms with van der Waals surface area (Å²) in [6.45, 7) is 15.3. The van der Waals surface area contributed by atoms with E-state index in [0.717, 1.165) is 44.2 Å². The van der Waals surface area contributed by atoms with Gasteiger partial charge in [0.05, 0.1) is 44.5 Å². The largest absolute Gasteiger partial charge is 0.495 e. The smallest absolute Gasteiger partial charge is 0.210 e. The summed E-state index contributed by atoms with van der Waals surface area (Å²) in [5.74, 6) is 2.42. The van der Waals surface area contributed by atoms with E-state index in [0.29, 0.717) is 12.0 Å². The molecule has 0 amide bonds. The molecule has 0 radical (unpaired) electrons. The maximum atomic E-state index is 5.56. The quantitative estimate of drug-likeness (QED) is 0.787. The van der Waals surface area contributed by atoms with Gasteiger partial charge >= 0.3 is 0 Å². The molecule has 1 aliphatic rings. The molecule has 154 valence electrons. The fourth-order valence-corrected chi connectivity index (χ4v) is 4.16. The number of nitrogens with one attached hydrogen (secondary N) is 1. The fourth-order valence-electron chi connectivity index (χ4n) is 4.16. The number of hydrogen-bond acceptors (Lipinski definition) is 5. The lowest BCUT2D eigenvalue weighted by Gasteiger charge is -2.39. The molecule has 7 nitrogen and oxygen atoms in total. The highest BCUT2D eigenvalue weighted by molar-refractivity contribution is 5.58. The number of tetrazole rings is 1. The molecule has 1 N–H and O–H groups in total. The number of quaternary nitrogens is 1. The molecule has 1 aromatic carbocycles. The van der Waals surface area contributed by atoms with E-state index < -0.39 is 0 Å². The molecule has 3 rings (SSSR count). The minimum absolute atomic E-state index is 0.0787. The predicted octanol–water partition coefficient (Wildman–Crippen LogP) is 1.93. The Morgan fingerprint density at radius 2 is 1.86 bits per heavy atom. The van der Waals surface area contributed by atoms with Crippen LogP contribution in [-0.2, 0) is 5.54 Å². The van der Waals surface area contributed by atoms with Crippen LogP contribution in [0, 0.1) is 5.92 Å². The van der Waals surface area contributed by atoms with E-state index in [1.807, 2.05) is 12.1 Å². The normalized spacial score (nSPS) is 17.2. The molecule has 1 fully saturated rings. The highest BCUT2D eigenvalue weighted by atomic mass is 16.5. The van der Waals surface area contributed by atoms with Crippen molar-refractivity contribution in [2.75, 3.05) is 38.2 Å². The number of para-hydroxylation sites is 2. The first kappa shape index (κ1) is 20.6. The Balaban J connectivity index is 1.79. The van der Waals surface area contributed by atoms with Crippen LogP contribution in [0.5, 0.6) is 5.75 Å². The van der Waals surface area contributed by atoms with E-state index in [2.05, 4.69) is 71.9 Å². The van der Waals surface area contributed by atoms with Crippen molar-refractivity contribution >= 4 is 5.69 Å². The Morgan fingerprint density at radius 3 is 2.46 bits per heavy atom. The summed E-state index contributed by atoms with van der Waals surface area (Å²) < 4.78 is 7.61. The van der Waals surface area contributed by atoms with E-state index in [-0.39, 0.29) is 5.54 Å². The van der Waals surface area contributed by atoms with Crippen LogP contribution in [0.1, 0.15) is 52.9 Å². The molecule has 0 bridgehead atoms. The van der Waals surface area contributed by atoms with Crippen molar-refractivity contribution in [1.29, 1.82) is 0 Å². The van der Waals surface area contributed by atoms with E-state index in [4.69, 9.17) is 4.74 Å². The van der Waals surface area contributed by atoms with Gasteiger partial charge in [-0.3, -0.25) is 0 Å². The summed E-state index contributed by atoms with van der Waals surface area (Å²) in [7, 11) is 1.74. The number of aromatic nitrogens is 4. The molecule has 1 aromatic heterocycles. The number of anilines is 1. The maximum absolute atomic E-state index is 5.56. The van der Waals surface area contributed by atoms with Gasteiger partial charge in [-0.15, -0.1) is 5.10 Å². The van der Waals surface area contributed by atoms with Crippen LogP contribution in [0.2, 0.25) is 0 Å². The van der Waals surface area contributed by atoms with Gasteiger partial charge in [-0.1, -0.05) is 32.9 Å². The van der Waals surface area contributed by atoms with Gasteiger partial charge in [-0.25, -0.2) is 4.68 Å².